The van der Waals surface area contributed by atoms with Crippen LogP contribution in [0.2, 0.25) is 0 Å². The van der Waals surface area contributed by atoms with Crippen molar-refractivity contribution in [3.05, 3.63) is 89.6 Å². The molecular weight excluding hydrogens is 374 g/mol. The lowest BCUT2D eigenvalue weighted by molar-refractivity contribution is 0.0746. The number of amides is 1. The highest BCUT2D eigenvalue weighted by atomic mass is 16.5. The quantitative estimate of drug-likeness (QED) is 0.621. The summed E-state index contributed by atoms with van der Waals surface area (Å²) in [6, 6.07) is 21.8. The van der Waals surface area contributed by atoms with Crippen LogP contribution in [0.3, 0.4) is 0 Å². The van der Waals surface area contributed by atoms with Crippen LogP contribution in [0.15, 0.2) is 72.9 Å². The Balaban J connectivity index is 1.36. The van der Waals surface area contributed by atoms with Crippen LogP contribution in [0.4, 0.5) is 5.82 Å². The summed E-state index contributed by atoms with van der Waals surface area (Å²) >= 11 is 0. The molecule has 0 aliphatic carbocycles. The Bertz CT molecular complexity index is 982. The topological polar surface area (TPSA) is 45.7 Å². The molecule has 5 heteroatoms. The van der Waals surface area contributed by atoms with Crippen molar-refractivity contribution in [3.63, 3.8) is 0 Å². The Morgan fingerprint density at radius 1 is 0.933 bits per heavy atom. The van der Waals surface area contributed by atoms with Crippen molar-refractivity contribution in [2.24, 2.45) is 0 Å². The molecule has 2 heterocycles. The van der Waals surface area contributed by atoms with Crippen LogP contribution in [0.25, 0.3) is 0 Å². The van der Waals surface area contributed by atoms with Gasteiger partial charge in [-0.15, -0.1) is 0 Å². The van der Waals surface area contributed by atoms with Crippen molar-refractivity contribution in [1.29, 1.82) is 0 Å². The smallest absolute Gasteiger partial charge is 0.253 e. The normalized spacial score (nSPS) is 13.9. The zero-order valence-electron chi connectivity index (χ0n) is 17.3. The van der Waals surface area contributed by atoms with Gasteiger partial charge in [0.05, 0.1) is 0 Å². The van der Waals surface area contributed by atoms with Gasteiger partial charge in [0.25, 0.3) is 5.91 Å². The number of piperazine rings is 1. The number of ether oxygens (including phenoxy) is 1. The molecule has 1 aliphatic heterocycles. The molecule has 0 radical (unpaired) electrons. The molecule has 1 aromatic heterocycles. The number of aromatic nitrogens is 1. The number of rotatable bonds is 6. The van der Waals surface area contributed by atoms with Gasteiger partial charge in [-0.2, -0.15) is 0 Å². The van der Waals surface area contributed by atoms with Crippen molar-refractivity contribution in [2.75, 3.05) is 31.1 Å². The number of benzene rings is 2. The standard InChI is InChI=1S/C25H27N3O2/c1-2-20-7-6-10-23(18-20)30-19-21-8-5-9-22(17-21)25(29)28-15-13-27(14-16-28)24-11-3-4-12-26-24/h3-12,17-18H,2,13-16,19H2,1H3. The number of aryl methyl sites for hydroxylation is 1. The van der Waals surface area contributed by atoms with E-state index in [1.54, 1.807) is 6.20 Å². The predicted molar refractivity (Wildman–Crippen MR) is 119 cm³/mol. The minimum Gasteiger partial charge on any atom is -0.489 e. The lowest BCUT2D eigenvalue weighted by Gasteiger charge is -2.35. The number of carbonyl (C=O) groups excluding carboxylic acids is 1. The fourth-order valence-corrected chi connectivity index (χ4v) is 3.68. The summed E-state index contributed by atoms with van der Waals surface area (Å²) in [5, 5.41) is 0. The van der Waals surface area contributed by atoms with Crippen molar-refractivity contribution in [2.45, 2.75) is 20.0 Å². The number of pyridine rings is 1. The average molecular weight is 402 g/mol. The van der Waals surface area contributed by atoms with Crippen molar-refractivity contribution in [3.8, 4) is 5.75 Å². The van der Waals surface area contributed by atoms with Gasteiger partial charge in [0.15, 0.2) is 0 Å². The zero-order chi connectivity index (χ0) is 20.8. The SMILES string of the molecule is CCc1cccc(OCc2cccc(C(=O)N3CCN(c4ccccn4)CC3)c2)c1. The maximum Gasteiger partial charge on any atom is 0.253 e. The third-order valence-corrected chi connectivity index (χ3v) is 5.43. The molecule has 1 fully saturated rings. The Hall–Kier alpha value is -3.34. The summed E-state index contributed by atoms with van der Waals surface area (Å²) in [6.45, 7) is 5.55. The Labute approximate surface area is 177 Å². The molecule has 3 aromatic rings. The van der Waals surface area contributed by atoms with E-state index in [0.29, 0.717) is 25.3 Å². The molecule has 0 saturated carbocycles. The van der Waals surface area contributed by atoms with E-state index in [4.69, 9.17) is 4.74 Å². The average Bonchev–Trinajstić information content (AvgIpc) is 2.83. The van der Waals surface area contributed by atoms with Gasteiger partial charge in [-0.3, -0.25) is 4.79 Å². The summed E-state index contributed by atoms with van der Waals surface area (Å²) < 4.78 is 5.94. The molecule has 1 amide bonds. The zero-order valence-corrected chi connectivity index (χ0v) is 17.3. The lowest BCUT2D eigenvalue weighted by atomic mass is 10.1. The van der Waals surface area contributed by atoms with Crippen LogP contribution in [0.5, 0.6) is 5.75 Å². The van der Waals surface area contributed by atoms with Crippen LogP contribution in [-0.4, -0.2) is 42.0 Å². The number of carbonyl (C=O) groups is 1. The Morgan fingerprint density at radius 3 is 2.50 bits per heavy atom. The van der Waals surface area contributed by atoms with Crippen molar-refractivity contribution in [1.82, 2.24) is 9.88 Å². The highest BCUT2D eigenvalue weighted by Crippen LogP contribution is 2.18. The molecule has 0 spiro atoms. The number of hydrogen-bond acceptors (Lipinski definition) is 4. The second-order valence-electron chi connectivity index (χ2n) is 7.46. The maximum atomic E-state index is 13.0. The van der Waals surface area contributed by atoms with Crippen molar-refractivity contribution < 1.29 is 9.53 Å². The van der Waals surface area contributed by atoms with Gasteiger partial charge < -0.3 is 14.5 Å². The van der Waals surface area contributed by atoms with Gasteiger partial charge in [-0.25, -0.2) is 4.98 Å². The highest BCUT2D eigenvalue weighted by Gasteiger charge is 2.22. The third-order valence-electron chi connectivity index (χ3n) is 5.43. The molecule has 4 rings (SSSR count). The summed E-state index contributed by atoms with van der Waals surface area (Å²) in [4.78, 5) is 21.6. The van der Waals surface area contributed by atoms with Gasteiger partial charge in [0.2, 0.25) is 0 Å². The first kappa shape index (κ1) is 20.0. The Morgan fingerprint density at radius 2 is 1.73 bits per heavy atom. The van der Waals surface area contributed by atoms with Gasteiger partial charge in [-0.1, -0.05) is 37.3 Å². The van der Waals surface area contributed by atoms with E-state index in [9.17, 15) is 4.79 Å². The van der Waals surface area contributed by atoms with E-state index < -0.39 is 0 Å². The van der Waals surface area contributed by atoms with Gasteiger partial charge >= 0.3 is 0 Å². The van der Waals surface area contributed by atoms with Crippen LogP contribution < -0.4 is 9.64 Å². The summed E-state index contributed by atoms with van der Waals surface area (Å²) in [7, 11) is 0. The monoisotopic (exact) mass is 401 g/mol. The van der Waals surface area contributed by atoms with Crippen LogP contribution in [0, 0.1) is 0 Å². The third kappa shape index (κ3) is 4.79. The molecule has 0 N–H and O–H groups in total. The van der Waals surface area contributed by atoms with Gasteiger partial charge in [0, 0.05) is 37.9 Å². The number of anilines is 1. The number of hydrogen-bond donors (Lipinski definition) is 0. The van der Waals surface area contributed by atoms with Crippen LogP contribution in [0.1, 0.15) is 28.4 Å². The molecule has 1 saturated heterocycles. The summed E-state index contributed by atoms with van der Waals surface area (Å²) in [5.41, 5.74) is 2.96. The van der Waals surface area contributed by atoms with E-state index in [2.05, 4.69) is 28.9 Å². The largest absolute Gasteiger partial charge is 0.489 e. The van der Waals surface area contributed by atoms with E-state index in [1.807, 2.05) is 59.5 Å². The molecule has 0 unspecified atom stereocenters. The molecule has 0 atom stereocenters. The second kappa shape index (κ2) is 9.44. The van der Waals surface area contributed by atoms with E-state index in [-0.39, 0.29) is 5.91 Å². The predicted octanol–water partition coefficient (Wildman–Crippen LogP) is 4.19. The first-order valence-electron chi connectivity index (χ1n) is 10.5. The molecular formula is C25H27N3O2. The fourth-order valence-electron chi connectivity index (χ4n) is 3.68. The van der Waals surface area contributed by atoms with E-state index in [0.717, 1.165) is 36.6 Å². The summed E-state index contributed by atoms with van der Waals surface area (Å²) in [6.07, 6.45) is 2.79. The van der Waals surface area contributed by atoms with Crippen molar-refractivity contribution >= 4 is 11.7 Å². The van der Waals surface area contributed by atoms with Crippen LogP contribution >= 0.6 is 0 Å². The Kier molecular flexibility index (Phi) is 6.28. The van der Waals surface area contributed by atoms with Gasteiger partial charge in [-0.05, 0) is 53.9 Å². The molecule has 0 bridgehead atoms. The minimum atomic E-state index is 0.0745. The first-order valence-corrected chi connectivity index (χ1v) is 10.5. The van der Waals surface area contributed by atoms with E-state index >= 15 is 0 Å². The number of nitrogens with zero attached hydrogens (tertiary/aromatic N) is 3. The van der Waals surface area contributed by atoms with E-state index in [1.165, 1.54) is 5.56 Å². The summed E-state index contributed by atoms with van der Waals surface area (Å²) in [5.74, 6) is 1.90. The van der Waals surface area contributed by atoms with Gasteiger partial charge in [0.1, 0.15) is 18.2 Å². The molecule has 2 aromatic carbocycles. The molecule has 5 nitrogen and oxygen atoms in total. The fraction of sp³-hybridized carbons (Fsp3) is 0.280. The molecule has 1 aliphatic rings. The minimum absolute atomic E-state index is 0.0745. The maximum absolute atomic E-state index is 13.0. The lowest BCUT2D eigenvalue weighted by Crippen LogP contribution is -2.49. The highest BCUT2D eigenvalue weighted by molar-refractivity contribution is 5.94. The first-order chi connectivity index (χ1) is 14.7. The van der Waals surface area contributed by atoms with Crippen LogP contribution in [-0.2, 0) is 13.0 Å². The molecule has 30 heavy (non-hydrogen) atoms. The second-order valence-corrected chi connectivity index (χ2v) is 7.46. The molecule has 154 valence electrons.